The highest BCUT2D eigenvalue weighted by Gasteiger charge is 2.32. The SMILES string of the molecule is CC(C)n1ncc2ccc(NC(=O)C3CCN(S(=O)(=O)c4ccc5c(c4)CCC5)CC3)cc21. The van der Waals surface area contributed by atoms with Gasteiger partial charge < -0.3 is 5.32 Å². The van der Waals surface area contributed by atoms with E-state index in [0.29, 0.717) is 30.8 Å². The van der Waals surface area contributed by atoms with Gasteiger partial charge in [0.05, 0.1) is 16.6 Å². The van der Waals surface area contributed by atoms with Crippen LogP contribution in [0, 0.1) is 5.92 Å². The van der Waals surface area contributed by atoms with E-state index < -0.39 is 10.0 Å². The number of fused-ring (bicyclic) bond motifs is 2. The Morgan fingerprint density at radius 2 is 1.82 bits per heavy atom. The summed E-state index contributed by atoms with van der Waals surface area (Å²) in [5, 5.41) is 8.48. The molecule has 2 aromatic carbocycles. The van der Waals surface area contributed by atoms with Crippen molar-refractivity contribution in [2.24, 2.45) is 5.92 Å². The van der Waals surface area contributed by atoms with Crippen LogP contribution in [0.2, 0.25) is 0 Å². The Balaban J connectivity index is 1.24. The van der Waals surface area contributed by atoms with Crippen LogP contribution < -0.4 is 5.32 Å². The Morgan fingerprint density at radius 1 is 1.06 bits per heavy atom. The summed E-state index contributed by atoms with van der Waals surface area (Å²) in [6.07, 6.45) is 5.93. The first-order chi connectivity index (χ1) is 15.8. The molecule has 8 heteroatoms. The molecular weight excluding hydrogens is 436 g/mol. The van der Waals surface area contributed by atoms with Crippen LogP contribution in [0.3, 0.4) is 0 Å². The fraction of sp³-hybridized carbons (Fsp3) is 0.440. The summed E-state index contributed by atoms with van der Waals surface area (Å²) in [5.74, 6) is -0.262. The van der Waals surface area contributed by atoms with Gasteiger partial charge in [-0.25, -0.2) is 8.42 Å². The number of hydrogen-bond donors (Lipinski definition) is 1. The molecule has 1 aromatic heterocycles. The number of aryl methyl sites for hydroxylation is 2. The highest BCUT2D eigenvalue weighted by atomic mass is 32.2. The van der Waals surface area contributed by atoms with Crippen molar-refractivity contribution in [3.05, 3.63) is 53.7 Å². The monoisotopic (exact) mass is 466 g/mol. The molecule has 0 spiro atoms. The third kappa shape index (κ3) is 4.17. The fourth-order valence-electron chi connectivity index (χ4n) is 4.99. The lowest BCUT2D eigenvalue weighted by Crippen LogP contribution is -2.41. The Kier molecular flexibility index (Phi) is 5.74. The smallest absolute Gasteiger partial charge is 0.243 e. The predicted molar refractivity (Wildman–Crippen MR) is 129 cm³/mol. The van der Waals surface area contributed by atoms with Gasteiger partial charge in [-0.05, 0) is 87.4 Å². The van der Waals surface area contributed by atoms with Gasteiger partial charge in [0.1, 0.15) is 0 Å². The Bertz CT molecular complexity index is 1300. The number of benzene rings is 2. The topological polar surface area (TPSA) is 84.3 Å². The quantitative estimate of drug-likeness (QED) is 0.612. The van der Waals surface area contributed by atoms with Crippen LogP contribution in [0.15, 0.2) is 47.5 Å². The second-order valence-corrected chi connectivity index (χ2v) is 11.3. The average Bonchev–Trinajstić information content (AvgIpc) is 3.45. The normalized spacial score (nSPS) is 17.5. The summed E-state index contributed by atoms with van der Waals surface area (Å²) in [5.41, 5.74) is 4.14. The zero-order chi connectivity index (χ0) is 23.2. The first kappa shape index (κ1) is 22.1. The molecular formula is C25H30N4O3S. The van der Waals surface area contributed by atoms with Crippen molar-refractivity contribution < 1.29 is 13.2 Å². The van der Waals surface area contributed by atoms with E-state index in [0.717, 1.165) is 41.4 Å². The van der Waals surface area contributed by atoms with Crippen molar-refractivity contribution in [3.8, 4) is 0 Å². The minimum atomic E-state index is -3.53. The largest absolute Gasteiger partial charge is 0.326 e. The van der Waals surface area contributed by atoms with Gasteiger partial charge in [-0.1, -0.05) is 6.07 Å². The van der Waals surface area contributed by atoms with E-state index in [1.54, 1.807) is 6.07 Å². The number of aromatic nitrogens is 2. The van der Waals surface area contributed by atoms with Crippen LogP contribution in [0.25, 0.3) is 10.9 Å². The number of hydrogen-bond acceptors (Lipinski definition) is 4. The van der Waals surface area contributed by atoms with Gasteiger partial charge in [-0.3, -0.25) is 9.48 Å². The highest BCUT2D eigenvalue weighted by Crippen LogP contribution is 2.29. The molecule has 2 heterocycles. The van der Waals surface area contributed by atoms with Crippen molar-refractivity contribution >= 4 is 32.5 Å². The summed E-state index contributed by atoms with van der Waals surface area (Å²) >= 11 is 0. The van der Waals surface area contributed by atoms with Crippen molar-refractivity contribution in [2.45, 2.75) is 56.9 Å². The number of piperidine rings is 1. The zero-order valence-corrected chi connectivity index (χ0v) is 19.9. The molecule has 0 saturated carbocycles. The highest BCUT2D eigenvalue weighted by molar-refractivity contribution is 7.89. The molecule has 0 bridgehead atoms. The number of rotatable bonds is 5. The second-order valence-electron chi connectivity index (χ2n) is 9.41. The van der Waals surface area contributed by atoms with Crippen LogP contribution >= 0.6 is 0 Å². The summed E-state index contributed by atoms with van der Waals surface area (Å²) in [7, 11) is -3.53. The third-order valence-electron chi connectivity index (χ3n) is 6.89. The summed E-state index contributed by atoms with van der Waals surface area (Å²) in [6.45, 7) is 4.86. The van der Waals surface area contributed by atoms with E-state index in [1.807, 2.05) is 41.2 Å². The maximum absolute atomic E-state index is 13.2. The van der Waals surface area contributed by atoms with Gasteiger partial charge in [0.15, 0.2) is 0 Å². The minimum Gasteiger partial charge on any atom is -0.326 e. The number of carbonyl (C=O) groups excluding carboxylic acids is 1. The molecule has 7 nitrogen and oxygen atoms in total. The van der Waals surface area contributed by atoms with Gasteiger partial charge in [0.25, 0.3) is 0 Å². The summed E-state index contributed by atoms with van der Waals surface area (Å²) < 4.78 is 29.8. The number of sulfonamides is 1. The molecule has 1 aliphatic heterocycles. The van der Waals surface area contributed by atoms with Crippen LogP contribution in [-0.2, 0) is 27.7 Å². The number of nitrogens with one attached hydrogen (secondary N) is 1. The molecule has 1 amide bonds. The van der Waals surface area contributed by atoms with E-state index in [4.69, 9.17) is 0 Å². The van der Waals surface area contributed by atoms with E-state index in [2.05, 4.69) is 24.3 Å². The molecule has 1 aliphatic carbocycles. The van der Waals surface area contributed by atoms with Crippen LogP contribution in [0.5, 0.6) is 0 Å². The third-order valence-corrected chi connectivity index (χ3v) is 8.78. The van der Waals surface area contributed by atoms with Crippen LogP contribution in [-0.4, -0.2) is 41.5 Å². The van der Waals surface area contributed by atoms with Crippen molar-refractivity contribution in [1.82, 2.24) is 14.1 Å². The standard InChI is InChI=1S/C25H30N4O3S/c1-17(2)29-24-15-22(8-6-21(24)16-26-29)27-25(30)19-10-12-28(13-11-19)33(31,32)23-9-7-18-4-3-5-20(18)14-23/h6-9,14-17,19H,3-5,10-13H2,1-2H3,(H,27,30). The maximum atomic E-state index is 13.2. The molecule has 1 fully saturated rings. The van der Waals surface area contributed by atoms with Crippen molar-refractivity contribution in [3.63, 3.8) is 0 Å². The molecule has 5 rings (SSSR count). The molecule has 0 atom stereocenters. The van der Waals surface area contributed by atoms with Gasteiger partial charge in [-0.2, -0.15) is 9.40 Å². The molecule has 3 aromatic rings. The van der Waals surface area contributed by atoms with E-state index in [-0.39, 0.29) is 17.9 Å². The lowest BCUT2D eigenvalue weighted by molar-refractivity contribution is -0.120. The van der Waals surface area contributed by atoms with Gasteiger partial charge in [0.2, 0.25) is 15.9 Å². The molecule has 174 valence electrons. The lowest BCUT2D eigenvalue weighted by Gasteiger charge is -2.30. The number of nitrogens with zero attached hydrogens (tertiary/aromatic N) is 3. The van der Waals surface area contributed by atoms with Crippen LogP contribution in [0.4, 0.5) is 5.69 Å². The number of anilines is 1. The summed E-state index contributed by atoms with van der Waals surface area (Å²) in [6, 6.07) is 11.6. The summed E-state index contributed by atoms with van der Waals surface area (Å²) in [4.78, 5) is 13.3. The van der Waals surface area contributed by atoms with E-state index >= 15 is 0 Å². The zero-order valence-electron chi connectivity index (χ0n) is 19.1. The minimum absolute atomic E-state index is 0.0560. The average molecular weight is 467 g/mol. The lowest BCUT2D eigenvalue weighted by atomic mass is 9.97. The van der Waals surface area contributed by atoms with Gasteiger partial charge in [-0.15, -0.1) is 0 Å². The number of carbonyl (C=O) groups is 1. The van der Waals surface area contributed by atoms with Gasteiger partial charge >= 0.3 is 0 Å². The van der Waals surface area contributed by atoms with Crippen molar-refractivity contribution in [2.75, 3.05) is 18.4 Å². The fourth-order valence-corrected chi connectivity index (χ4v) is 6.51. The maximum Gasteiger partial charge on any atom is 0.243 e. The number of amides is 1. The molecule has 0 unspecified atom stereocenters. The van der Waals surface area contributed by atoms with Crippen LogP contribution in [0.1, 0.15) is 50.3 Å². The second kappa shape index (κ2) is 8.57. The molecule has 1 saturated heterocycles. The first-order valence-electron chi connectivity index (χ1n) is 11.7. The molecule has 0 radical (unpaired) electrons. The molecule has 33 heavy (non-hydrogen) atoms. The Morgan fingerprint density at radius 3 is 2.58 bits per heavy atom. The van der Waals surface area contributed by atoms with E-state index in [9.17, 15) is 13.2 Å². The predicted octanol–water partition coefficient (Wildman–Crippen LogP) is 4.15. The Labute approximate surface area is 194 Å². The van der Waals surface area contributed by atoms with Gasteiger partial charge in [0, 0.05) is 36.1 Å². The van der Waals surface area contributed by atoms with E-state index in [1.165, 1.54) is 9.87 Å². The molecule has 2 aliphatic rings. The van der Waals surface area contributed by atoms with Crippen molar-refractivity contribution in [1.29, 1.82) is 0 Å². The Hall–Kier alpha value is -2.71. The molecule has 1 N–H and O–H groups in total. The first-order valence-corrected chi connectivity index (χ1v) is 13.2.